The predicted molar refractivity (Wildman–Crippen MR) is 50.7 cm³/mol. The smallest absolute Gasteiger partial charge is 0.313 e. The van der Waals surface area contributed by atoms with Crippen molar-refractivity contribution in [1.82, 2.24) is 9.80 Å². The predicted octanol–water partition coefficient (Wildman–Crippen LogP) is -0.462. The normalized spacial score (nSPS) is 39.2. The van der Waals surface area contributed by atoms with Gasteiger partial charge in [0.15, 0.2) is 0 Å². The summed E-state index contributed by atoms with van der Waals surface area (Å²) in [6, 6.07) is 0. The van der Waals surface area contributed by atoms with Crippen LogP contribution in [0.3, 0.4) is 0 Å². The molecule has 3 aliphatic heterocycles. The van der Waals surface area contributed by atoms with Gasteiger partial charge in [0.2, 0.25) is 0 Å². The zero-order valence-electron chi connectivity index (χ0n) is 8.86. The van der Waals surface area contributed by atoms with E-state index >= 15 is 0 Å². The minimum absolute atomic E-state index is 0.651. The third kappa shape index (κ3) is 1.92. The summed E-state index contributed by atoms with van der Waals surface area (Å²) >= 11 is 0. The molecule has 3 fully saturated rings. The highest BCUT2D eigenvalue weighted by atomic mass is 16.9. The van der Waals surface area contributed by atoms with E-state index in [1.165, 1.54) is 0 Å². The van der Waals surface area contributed by atoms with E-state index in [9.17, 15) is 0 Å². The Bertz CT molecular complexity index is 172. The Balaban J connectivity index is 2.12. The van der Waals surface area contributed by atoms with E-state index in [1.54, 1.807) is 0 Å². The van der Waals surface area contributed by atoms with Gasteiger partial charge in [0.05, 0.1) is 19.8 Å². The second-order valence-corrected chi connectivity index (χ2v) is 3.81. The van der Waals surface area contributed by atoms with E-state index < -0.39 is 6.10 Å². The topological polar surface area (TPSA) is 34.2 Å². The Morgan fingerprint density at radius 1 is 0.929 bits per heavy atom. The standard InChI is InChI=1S/C9H18N2O3/c1-10(2)9-12-6-3-11(4-7-13-9)5-8-14-9/h3-8H2,1-2H3. The third-order valence-corrected chi connectivity index (χ3v) is 2.62. The van der Waals surface area contributed by atoms with Crippen molar-refractivity contribution in [2.75, 3.05) is 53.6 Å². The molecule has 5 heteroatoms. The van der Waals surface area contributed by atoms with Crippen molar-refractivity contribution in [2.45, 2.75) is 6.10 Å². The molecular formula is C9H18N2O3. The summed E-state index contributed by atoms with van der Waals surface area (Å²) < 4.78 is 16.9. The largest absolute Gasteiger partial charge is 0.353 e. The maximum Gasteiger partial charge on any atom is 0.353 e. The van der Waals surface area contributed by atoms with Crippen molar-refractivity contribution in [2.24, 2.45) is 0 Å². The van der Waals surface area contributed by atoms with Gasteiger partial charge in [-0.2, -0.15) is 0 Å². The molecular weight excluding hydrogens is 184 g/mol. The molecule has 14 heavy (non-hydrogen) atoms. The van der Waals surface area contributed by atoms with Gasteiger partial charge in [0.25, 0.3) is 0 Å². The van der Waals surface area contributed by atoms with Crippen molar-refractivity contribution in [3.05, 3.63) is 0 Å². The van der Waals surface area contributed by atoms with Crippen molar-refractivity contribution in [1.29, 1.82) is 0 Å². The van der Waals surface area contributed by atoms with Gasteiger partial charge in [-0.1, -0.05) is 0 Å². The lowest BCUT2D eigenvalue weighted by molar-refractivity contribution is -0.449. The maximum absolute atomic E-state index is 5.64. The fourth-order valence-electron chi connectivity index (χ4n) is 1.76. The molecule has 3 saturated heterocycles. The van der Waals surface area contributed by atoms with Crippen LogP contribution in [0.1, 0.15) is 0 Å². The number of fused-ring (bicyclic) bond motifs is 6. The lowest BCUT2D eigenvalue weighted by Gasteiger charge is -2.43. The zero-order chi connectivity index (χ0) is 10.0. The van der Waals surface area contributed by atoms with Gasteiger partial charge in [-0.15, -0.1) is 0 Å². The highest BCUT2D eigenvalue weighted by Crippen LogP contribution is 2.21. The zero-order valence-corrected chi connectivity index (χ0v) is 8.86. The Labute approximate surface area is 84.5 Å². The number of ether oxygens (including phenoxy) is 3. The molecule has 2 bridgehead atoms. The molecule has 0 radical (unpaired) electrons. The van der Waals surface area contributed by atoms with Crippen molar-refractivity contribution in [3.63, 3.8) is 0 Å². The van der Waals surface area contributed by atoms with Crippen LogP contribution in [0.5, 0.6) is 0 Å². The van der Waals surface area contributed by atoms with Crippen LogP contribution in [0, 0.1) is 0 Å². The first-order chi connectivity index (χ1) is 6.73. The summed E-state index contributed by atoms with van der Waals surface area (Å²) in [6.45, 7) is 4.83. The lowest BCUT2D eigenvalue weighted by atomic mass is 10.4. The van der Waals surface area contributed by atoms with E-state index in [4.69, 9.17) is 14.2 Å². The summed E-state index contributed by atoms with van der Waals surface area (Å²) in [5.74, 6) is 0. The number of hydrogen-bond donors (Lipinski definition) is 0. The Kier molecular flexibility index (Phi) is 3.04. The summed E-state index contributed by atoms with van der Waals surface area (Å²) in [7, 11) is 3.81. The SMILES string of the molecule is CN(C)C12OCCN(CCO1)CCO2. The van der Waals surface area contributed by atoms with Gasteiger partial charge in [-0.05, 0) is 14.1 Å². The summed E-state index contributed by atoms with van der Waals surface area (Å²) in [5, 5.41) is 0. The molecule has 3 heterocycles. The fourth-order valence-corrected chi connectivity index (χ4v) is 1.76. The summed E-state index contributed by atoms with van der Waals surface area (Å²) in [6.07, 6.45) is -0.952. The van der Waals surface area contributed by atoms with Gasteiger partial charge < -0.3 is 14.2 Å². The first kappa shape index (κ1) is 10.3. The molecule has 0 unspecified atom stereocenters. The van der Waals surface area contributed by atoms with E-state index in [0.717, 1.165) is 19.6 Å². The van der Waals surface area contributed by atoms with Crippen LogP contribution in [-0.4, -0.2) is 69.4 Å². The quantitative estimate of drug-likeness (QED) is 0.574. The third-order valence-electron chi connectivity index (χ3n) is 2.62. The first-order valence-corrected chi connectivity index (χ1v) is 5.05. The van der Waals surface area contributed by atoms with Crippen molar-refractivity contribution < 1.29 is 14.2 Å². The van der Waals surface area contributed by atoms with Gasteiger partial charge in [-0.25, -0.2) is 4.90 Å². The van der Waals surface area contributed by atoms with Crippen LogP contribution in [-0.2, 0) is 14.2 Å². The molecule has 0 spiro atoms. The first-order valence-electron chi connectivity index (χ1n) is 5.05. The molecule has 0 aromatic rings. The summed E-state index contributed by atoms with van der Waals surface area (Å²) in [4.78, 5) is 4.13. The highest BCUT2D eigenvalue weighted by molar-refractivity contribution is 4.67. The molecule has 3 aliphatic rings. The number of rotatable bonds is 1. The molecule has 3 rings (SSSR count). The number of nitrogens with zero attached hydrogens (tertiary/aromatic N) is 2. The Hall–Kier alpha value is -0.200. The van der Waals surface area contributed by atoms with Crippen molar-refractivity contribution >= 4 is 0 Å². The molecule has 0 aliphatic carbocycles. The Morgan fingerprint density at radius 2 is 1.36 bits per heavy atom. The highest BCUT2D eigenvalue weighted by Gasteiger charge is 2.39. The molecule has 0 atom stereocenters. The Morgan fingerprint density at radius 3 is 1.71 bits per heavy atom. The van der Waals surface area contributed by atoms with Gasteiger partial charge in [0, 0.05) is 19.6 Å². The molecule has 82 valence electrons. The van der Waals surface area contributed by atoms with Gasteiger partial charge >= 0.3 is 6.10 Å². The average molecular weight is 202 g/mol. The summed E-state index contributed by atoms with van der Waals surface area (Å²) in [5.41, 5.74) is 0. The van der Waals surface area contributed by atoms with Gasteiger partial charge in [0.1, 0.15) is 0 Å². The van der Waals surface area contributed by atoms with E-state index in [2.05, 4.69) is 4.90 Å². The van der Waals surface area contributed by atoms with Crippen LogP contribution in [0.2, 0.25) is 0 Å². The van der Waals surface area contributed by atoms with Crippen LogP contribution in [0.4, 0.5) is 0 Å². The van der Waals surface area contributed by atoms with Crippen LogP contribution >= 0.6 is 0 Å². The van der Waals surface area contributed by atoms with E-state index in [1.807, 2.05) is 19.0 Å². The lowest BCUT2D eigenvalue weighted by Crippen LogP contribution is -2.58. The molecule has 5 nitrogen and oxygen atoms in total. The van der Waals surface area contributed by atoms with Crippen LogP contribution in [0.15, 0.2) is 0 Å². The van der Waals surface area contributed by atoms with Gasteiger partial charge in [-0.3, -0.25) is 4.90 Å². The molecule has 0 N–H and O–H groups in total. The molecule has 0 saturated carbocycles. The van der Waals surface area contributed by atoms with Crippen LogP contribution < -0.4 is 0 Å². The van der Waals surface area contributed by atoms with Crippen LogP contribution in [0.25, 0.3) is 0 Å². The molecule has 0 amide bonds. The van der Waals surface area contributed by atoms with Crippen molar-refractivity contribution in [3.8, 4) is 0 Å². The van der Waals surface area contributed by atoms with E-state index in [0.29, 0.717) is 19.8 Å². The molecule has 0 aromatic carbocycles. The van der Waals surface area contributed by atoms with E-state index in [-0.39, 0.29) is 0 Å². The maximum atomic E-state index is 5.64. The second kappa shape index (κ2) is 4.12. The monoisotopic (exact) mass is 202 g/mol. The average Bonchev–Trinajstić information content (AvgIpc) is 1.99. The molecule has 0 aromatic heterocycles. The minimum Gasteiger partial charge on any atom is -0.313 e. The second-order valence-electron chi connectivity index (χ2n) is 3.81. The number of hydrogen-bond acceptors (Lipinski definition) is 5. The fraction of sp³-hybridized carbons (Fsp3) is 1.00. The minimum atomic E-state index is -0.952.